The molecule has 2 fully saturated rings. The summed E-state index contributed by atoms with van der Waals surface area (Å²) in [6.07, 6.45) is 2.79. The molecule has 1 atom stereocenters. The molecule has 0 aliphatic carbocycles. The lowest BCUT2D eigenvalue weighted by Gasteiger charge is -2.37. The fourth-order valence-electron chi connectivity index (χ4n) is 3.58. The van der Waals surface area contributed by atoms with Crippen LogP contribution in [0.4, 0.5) is 5.69 Å². The number of rotatable bonds is 6. The van der Waals surface area contributed by atoms with Crippen LogP contribution in [-0.4, -0.2) is 64.9 Å². The van der Waals surface area contributed by atoms with Gasteiger partial charge >= 0.3 is 0 Å². The highest BCUT2D eigenvalue weighted by Gasteiger charge is 2.34. The van der Waals surface area contributed by atoms with Gasteiger partial charge in [0.2, 0.25) is 15.9 Å². The Morgan fingerprint density at radius 1 is 1.26 bits per heavy atom. The van der Waals surface area contributed by atoms with E-state index >= 15 is 0 Å². The monoisotopic (exact) mass is 397 g/mol. The van der Waals surface area contributed by atoms with Crippen LogP contribution in [0, 0.1) is 6.92 Å². The highest BCUT2D eigenvalue weighted by molar-refractivity contribution is 7.89. The fraction of sp³-hybridized carbons (Fsp3) is 0.611. The molecule has 0 aromatic heterocycles. The number of amides is 1. The Kier molecular flexibility index (Phi) is 6.48. The summed E-state index contributed by atoms with van der Waals surface area (Å²) in [7, 11) is -2.21. The maximum absolute atomic E-state index is 12.6. The third-order valence-corrected chi connectivity index (χ3v) is 6.56. The van der Waals surface area contributed by atoms with Crippen molar-refractivity contribution >= 4 is 21.6 Å². The van der Waals surface area contributed by atoms with Gasteiger partial charge in [-0.15, -0.1) is 0 Å². The van der Waals surface area contributed by atoms with Gasteiger partial charge in [-0.3, -0.25) is 9.69 Å². The van der Waals surface area contributed by atoms with Crippen molar-refractivity contribution in [3.8, 4) is 0 Å². The molecule has 0 radical (unpaired) electrons. The number of hydrogen-bond acceptors (Lipinski definition) is 6. The zero-order valence-corrected chi connectivity index (χ0v) is 16.5. The van der Waals surface area contributed by atoms with Gasteiger partial charge in [0.1, 0.15) is 0 Å². The molecule has 0 spiro atoms. The molecular formula is C18H27N3O5S. The minimum Gasteiger partial charge on any atom is -0.349 e. The molecule has 1 unspecified atom stereocenters. The molecule has 2 N–H and O–H groups in total. The molecule has 2 heterocycles. The van der Waals surface area contributed by atoms with E-state index in [0.29, 0.717) is 24.5 Å². The second kappa shape index (κ2) is 8.66. The van der Waals surface area contributed by atoms with Crippen molar-refractivity contribution in [1.82, 2.24) is 9.62 Å². The number of sulfonamides is 1. The van der Waals surface area contributed by atoms with Crippen molar-refractivity contribution in [2.24, 2.45) is 0 Å². The maximum Gasteiger partial charge on any atom is 0.240 e. The van der Waals surface area contributed by atoms with E-state index in [0.717, 1.165) is 25.8 Å². The quantitative estimate of drug-likeness (QED) is 0.745. The molecule has 2 aliphatic rings. The smallest absolute Gasteiger partial charge is 0.240 e. The minimum atomic E-state index is -3.58. The van der Waals surface area contributed by atoms with Crippen LogP contribution in [0.2, 0.25) is 0 Å². The van der Waals surface area contributed by atoms with Gasteiger partial charge in [0, 0.05) is 5.69 Å². The van der Waals surface area contributed by atoms with Crippen molar-refractivity contribution in [2.75, 3.05) is 38.7 Å². The molecule has 0 bridgehead atoms. The number of piperidine rings is 1. The van der Waals surface area contributed by atoms with Crippen LogP contribution in [0.3, 0.4) is 0 Å². The third kappa shape index (κ3) is 4.85. The molecule has 2 saturated heterocycles. The molecule has 1 aromatic rings. The molecule has 1 aromatic carbocycles. The Balaban J connectivity index is 1.67. The number of carbonyl (C=O) groups is 1. The van der Waals surface area contributed by atoms with Crippen LogP contribution in [0.5, 0.6) is 0 Å². The number of benzene rings is 1. The predicted molar refractivity (Wildman–Crippen MR) is 101 cm³/mol. The lowest BCUT2D eigenvalue weighted by atomic mass is 10.0. The average molecular weight is 397 g/mol. The summed E-state index contributed by atoms with van der Waals surface area (Å²) in [5.41, 5.74) is 1.08. The number of anilines is 1. The summed E-state index contributed by atoms with van der Waals surface area (Å²) in [5, 5.41) is 2.81. The summed E-state index contributed by atoms with van der Waals surface area (Å²) >= 11 is 0. The second-order valence-corrected chi connectivity index (χ2v) is 8.73. The molecule has 0 saturated carbocycles. The van der Waals surface area contributed by atoms with Crippen molar-refractivity contribution in [3.05, 3.63) is 23.8 Å². The third-order valence-electron chi connectivity index (χ3n) is 5.00. The van der Waals surface area contributed by atoms with Gasteiger partial charge in [-0.05, 0) is 51.1 Å². The first-order valence-electron chi connectivity index (χ1n) is 9.22. The minimum absolute atomic E-state index is 0.0743. The van der Waals surface area contributed by atoms with Crippen LogP contribution in [0.25, 0.3) is 0 Å². The topological polar surface area (TPSA) is 97.0 Å². The van der Waals surface area contributed by atoms with E-state index in [-0.39, 0.29) is 29.7 Å². The van der Waals surface area contributed by atoms with Crippen molar-refractivity contribution < 1.29 is 22.7 Å². The number of nitrogens with one attached hydrogen (secondary N) is 2. The van der Waals surface area contributed by atoms with E-state index < -0.39 is 10.0 Å². The van der Waals surface area contributed by atoms with Crippen molar-refractivity contribution in [3.63, 3.8) is 0 Å². The van der Waals surface area contributed by atoms with Crippen LogP contribution < -0.4 is 10.0 Å². The number of hydrogen-bond donors (Lipinski definition) is 2. The normalized spacial score (nSPS) is 22.1. The van der Waals surface area contributed by atoms with Crippen molar-refractivity contribution in [2.45, 2.75) is 43.4 Å². The molecular weight excluding hydrogens is 370 g/mol. The summed E-state index contributed by atoms with van der Waals surface area (Å²) < 4.78 is 37.8. The van der Waals surface area contributed by atoms with Gasteiger partial charge in [0.25, 0.3) is 0 Å². The number of aryl methyl sites for hydroxylation is 1. The average Bonchev–Trinajstić information content (AvgIpc) is 3.18. The van der Waals surface area contributed by atoms with Gasteiger partial charge in [-0.25, -0.2) is 13.1 Å². The zero-order valence-electron chi connectivity index (χ0n) is 15.7. The Bertz CT molecular complexity index is 777. The van der Waals surface area contributed by atoms with Gasteiger partial charge in [-0.2, -0.15) is 0 Å². The first-order valence-corrected chi connectivity index (χ1v) is 10.7. The fourth-order valence-corrected chi connectivity index (χ4v) is 4.58. The van der Waals surface area contributed by atoms with Crippen LogP contribution in [0.15, 0.2) is 23.1 Å². The van der Waals surface area contributed by atoms with E-state index in [2.05, 4.69) is 14.9 Å². The summed E-state index contributed by atoms with van der Waals surface area (Å²) in [6.45, 7) is 3.93. The molecule has 150 valence electrons. The van der Waals surface area contributed by atoms with E-state index in [9.17, 15) is 13.2 Å². The number of nitrogens with zero attached hydrogens (tertiary/aromatic N) is 1. The maximum atomic E-state index is 12.6. The highest BCUT2D eigenvalue weighted by Crippen LogP contribution is 2.25. The lowest BCUT2D eigenvalue weighted by molar-refractivity contribution is -0.127. The Labute approximate surface area is 160 Å². The second-order valence-electron chi connectivity index (χ2n) is 6.88. The van der Waals surface area contributed by atoms with E-state index in [1.165, 1.54) is 13.1 Å². The molecule has 2 aliphatic heterocycles. The summed E-state index contributed by atoms with van der Waals surface area (Å²) in [6, 6.07) is 4.95. The van der Waals surface area contributed by atoms with E-state index in [4.69, 9.17) is 9.47 Å². The van der Waals surface area contributed by atoms with Gasteiger partial charge in [-0.1, -0.05) is 12.5 Å². The summed E-state index contributed by atoms with van der Waals surface area (Å²) in [5.74, 6) is -0.184. The Morgan fingerprint density at radius 2 is 2.00 bits per heavy atom. The molecule has 27 heavy (non-hydrogen) atoms. The van der Waals surface area contributed by atoms with Crippen LogP contribution in [-0.2, 0) is 24.3 Å². The van der Waals surface area contributed by atoms with Crippen LogP contribution >= 0.6 is 0 Å². The van der Waals surface area contributed by atoms with Gasteiger partial charge in [0.05, 0.1) is 30.7 Å². The van der Waals surface area contributed by atoms with E-state index in [1.54, 1.807) is 19.1 Å². The number of ether oxygens (including phenoxy) is 2. The summed E-state index contributed by atoms with van der Waals surface area (Å²) in [4.78, 5) is 14.8. The Hall–Kier alpha value is -1.52. The Morgan fingerprint density at radius 3 is 2.70 bits per heavy atom. The standard InChI is InChI=1S/C18H27N3O5S/c1-13-6-7-14(11-16(13)27(23,24)19-2)20-17(22)12-21-8-4-3-5-15(21)18-25-9-10-26-18/h6-7,11,15,18-19H,3-5,8-10,12H2,1-2H3,(H,20,22). The van der Waals surface area contributed by atoms with Crippen LogP contribution in [0.1, 0.15) is 24.8 Å². The lowest BCUT2D eigenvalue weighted by Crippen LogP contribution is -2.50. The first-order chi connectivity index (χ1) is 12.9. The van der Waals surface area contributed by atoms with Gasteiger partial charge in [0.15, 0.2) is 6.29 Å². The molecule has 9 heteroatoms. The van der Waals surface area contributed by atoms with Crippen molar-refractivity contribution in [1.29, 1.82) is 0 Å². The SMILES string of the molecule is CNS(=O)(=O)c1cc(NC(=O)CN2CCCCC2C2OCCO2)ccc1C. The molecule has 1 amide bonds. The first kappa shape index (κ1) is 20.2. The number of carbonyl (C=O) groups excluding carboxylic acids is 1. The predicted octanol–water partition coefficient (Wildman–Crippen LogP) is 1.07. The van der Waals surface area contributed by atoms with E-state index in [1.807, 2.05) is 0 Å². The molecule has 3 rings (SSSR count). The number of likely N-dealkylation sites (tertiary alicyclic amines) is 1. The zero-order chi connectivity index (χ0) is 19.4. The largest absolute Gasteiger partial charge is 0.349 e. The van der Waals surface area contributed by atoms with Gasteiger partial charge < -0.3 is 14.8 Å². The highest BCUT2D eigenvalue weighted by atomic mass is 32.2. The molecule has 8 nitrogen and oxygen atoms in total.